The van der Waals surface area contributed by atoms with Crippen molar-refractivity contribution in [1.82, 2.24) is 4.90 Å². The quantitative estimate of drug-likeness (QED) is 0.389. The SMILES string of the molecule is CCC(C)(C)c1ccc(S(=O)(=O)Oc2cccc(C3(c4ccc(F)c(Br)c4)N=C(N)N(C)C3=O)c2)cc1. The van der Waals surface area contributed by atoms with E-state index in [0.717, 1.165) is 12.0 Å². The fraction of sp³-hybridized carbons (Fsp3) is 0.259. The Labute approximate surface area is 224 Å². The number of guanidine groups is 1. The Hall–Kier alpha value is -3.24. The van der Waals surface area contributed by atoms with E-state index in [4.69, 9.17) is 9.92 Å². The minimum absolute atomic E-state index is 0.00433. The Balaban J connectivity index is 1.75. The van der Waals surface area contributed by atoms with Crippen molar-refractivity contribution in [2.24, 2.45) is 10.7 Å². The molecule has 0 radical (unpaired) electrons. The zero-order valence-electron chi connectivity index (χ0n) is 20.8. The second kappa shape index (κ2) is 9.57. The molecule has 10 heteroatoms. The van der Waals surface area contributed by atoms with Crippen LogP contribution in [0.25, 0.3) is 0 Å². The number of halogens is 2. The number of nitrogens with two attached hydrogens (primary N) is 1. The average Bonchev–Trinajstić information content (AvgIpc) is 3.10. The second-order valence-electron chi connectivity index (χ2n) is 9.50. The summed E-state index contributed by atoms with van der Waals surface area (Å²) in [5.74, 6) is -1.02. The van der Waals surface area contributed by atoms with Gasteiger partial charge in [0.1, 0.15) is 16.5 Å². The van der Waals surface area contributed by atoms with Gasteiger partial charge in [-0.2, -0.15) is 8.42 Å². The highest BCUT2D eigenvalue weighted by Crippen LogP contribution is 2.41. The number of hydrogen-bond acceptors (Lipinski definition) is 6. The summed E-state index contributed by atoms with van der Waals surface area (Å²) in [6, 6.07) is 16.8. The van der Waals surface area contributed by atoms with Crippen LogP contribution in [-0.4, -0.2) is 32.2 Å². The van der Waals surface area contributed by atoms with Gasteiger partial charge in [0.25, 0.3) is 5.91 Å². The highest BCUT2D eigenvalue weighted by atomic mass is 79.9. The van der Waals surface area contributed by atoms with Crippen LogP contribution in [0.3, 0.4) is 0 Å². The molecule has 0 spiro atoms. The lowest BCUT2D eigenvalue weighted by Crippen LogP contribution is -2.41. The van der Waals surface area contributed by atoms with Crippen molar-refractivity contribution in [3.63, 3.8) is 0 Å². The smallest absolute Gasteiger partial charge is 0.339 e. The molecule has 1 atom stereocenters. The van der Waals surface area contributed by atoms with Crippen molar-refractivity contribution in [2.45, 2.75) is 43.0 Å². The van der Waals surface area contributed by atoms with E-state index in [9.17, 15) is 17.6 Å². The van der Waals surface area contributed by atoms with E-state index in [-0.39, 0.29) is 26.5 Å². The zero-order valence-corrected chi connectivity index (χ0v) is 23.2. The molecule has 3 aromatic carbocycles. The molecule has 0 aromatic heterocycles. The molecule has 7 nitrogen and oxygen atoms in total. The highest BCUT2D eigenvalue weighted by Gasteiger charge is 2.50. The third-order valence-corrected chi connectivity index (χ3v) is 8.71. The molecule has 1 heterocycles. The van der Waals surface area contributed by atoms with Gasteiger partial charge in [0.05, 0.1) is 4.47 Å². The number of amides is 1. The largest absolute Gasteiger partial charge is 0.379 e. The molecule has 0 saturated carbocycles. The van der Waals surface area contributed by atoms with E-state index >= 15 is 0 Å². The fourth-order valence-corrected chi connectivity index (χ4v) is 5.43. The molecule has 2 N–H and O–H groups in total. The van der Waals surface area contributed by atoms with Gasteiger partial charge in [-0.15, -0.1) is 0 Å². The maximum Gasteiger partial charge on any atom is 0.339 e. The van der Waals surface area contributed by atoms with Crippen molar-refractivity contribution in [2.75, 3.05) is 7.05 Å². The van der Waals surface area contributed by atoms with Gasteiger partial charge in [-0.3, -0.25) is 9.69 Å². The minimum Gasteiger partial charge on any atom is -0.379 e. The van der Waals surface area contributed by atoms with E-state index < -0.39 is 27.4 Å². The standard InChI is InChI=1S/C27H27BrFN3O4S/c1-5-26(2,3)17-9-12-21(13-10-17)37(34,35)36-20-8-6-7-18(15-20)27(24(33)32(4)25(30)31-27)19-11-14-23(29)22(28)16-19/h6-16H,5H2,1-4H3,(H2,30,31). The molecule has 37 heavy (non-hydrogen) atoms. The van der Waals surface area contributed by atoms with Gasteiger partial charge in [-0.1, -0.05) is 51.1 Å². The highest BCUT2D eigenvalue weighted by molar-refractivity contribution is 9.10. The summed E-state index contributed by atoms with van der Waals surface area (Å²) >= 11 is 3.16. The molecule has 194 valence electrons. The van der Waals surface area contributed by atoms with Gasteiger partial charge in [-0.25, -0.2) is 9.38 Å². The lowest BCUT2D eigenvalue weighted by Gasteiger charge is -2.26. The Morgan fingerprint density at radius 3 is 2.30 bits per heavy atom. The van der Waals surface area contributed by atoms with Crippen LogP contribution in [0.2, 0.25) is 0 Å². The monoisotopic (exact) mass is 587 g/mol. The van der Waals surface area contributed by atoms with Crippen molar-refractivity contribution < 1.29 is 21.8 Å². The first-order valence-corrected chi connectivity index (χ1v) is 13.8. The van der Waals surface area contributed by atoms with Crippen LogP contribution < -0.4 is 9.92 Å². The molecule has 3 aromatic rings. The van der Waals surface area contributed by atoms with Crippen LogP contribution in [0.15, 0.2) is 81.1 Å². The number of likely N-dealkylation sites (N-methyl/N-ethyl adjacent to an activating group) is 1. The van der Waals surface area contributed by atoms with Crippen LogP contribution in [-0.2, 0) is 25.9 Å². The Morgan fingerprint density at radius 2 is 1.73 bits per heavy atom. The molecular formula is C27H27BrFN3O4S. The van der Waals surface area contributed by atoms with E-state index in [1.807, 2.05) is 0 Å². The van der Waals surface area contributed by atoms with Crippen LogP contribution >= 0.6 is 15.9 Å². The van der Waals surface area contributed by atoms with Crippen LogP contribution in [0.4, 0.5) is 4.39 Å². The predicted molar refractivity (Wildman–Crippen MR) is 143 cm³/mol. The number of nitrogens with zero attached hydrogens (tertiary/aromatic N) is 2. The Bertz CT molecular complexity index is 1510. The van der Waals surface area contributed by atoms with E-state index in [1.165, 1.54) is 54.4 Å². The molecule has 0 fully saturated rings. The normalized spacial score (nSPS) is 18.2. The van der Waals surface area contributed by atoms with E-state index in [0.29, 0.717) is 11.1 Å². The number of aliphatic imine (C=N–C) groups is 1. The van der Waals surface area contributed by atoms with Crippen LogP contribution in [0.1, 0.15) is 43.9 Å². The third kappa shape index (κ3) is 4.75. The summed E-state index contributed by atoms with van der Waals surface area (Å²) in [5.41, 5.74) is 5.94. The van der Waals surface area contributed by atoms with Gasteiger partial charge in [0, 0.05) is 7.05 Å². The first-order chi connectivity index (χ1) is 17.3. The van der Waals surface area contributed by atoms with E-state index in [1.54, 1.807) is 24.3 Å². The molecule has 1 aliphatic heterocycles. The summed E-state index contributed by atoms with van der Waals surface area (Å²) in [7, 11) is -2.69. The topological polar surface area (TPSA) is 102 Å². The number of hydrogen-bond donors (Lipinski definition) is 1. The molecular weight excluding hydrogens is 561 g/mol. The molecule has 1 unspecified atom stereocenters. The maximum atomic E-state index is 14.0. The summed E-state index contributed by atoms with van der Waals surface area (Å²) in [6.07, 6.45) is 0.898. The predicted octanol–water partition coefficient (Wildman–Crippen LogP) is 5.07. The summed E-state index contributed by atoms with van der Waals surface area (Å²) in [4.78, 5) is 19.1. The second-order valence-corrected chi connectivity index (χ2v) is 11.9. The third-order valence-electron chi connectivity index (χ3n) is 6.84. The molecule has 4 rings (SSSR count). The van der Waals surface area contributed by atoms with Crippen molar-refractivity contribution in [1.29, 1.82) is 0 Å². The van der Waals surface area contributed by atoms with Gasteiger partial charge in [-0.05, 0) is 80.9 Å². The first kappa shape index (κ1) is 26.8. The first-order valence-electron chi connectivity index (χ1n) is 11.6. The lowest BCUT2D eigenvalue weighted by atomic mass is 9.82. The molecule has 0 aliphatic carbocycles. The van der Waals surface area contributed by atoms with Crippen LogP contribution in [0.5, 0.6) is 5.75 Å². The lowest BCUT2D eigenvalue weighted by molar-refractivity contribution is -0.129. The molecule has 1 aliphatic rings. The van der Waals surface area contributed by atoms with E-state index in [2.05, 4.69) is 41.7 Å². The Kier molecular flexibility index (Phi) is 6.94. The summed E-state index contributed by atoms with van der Waals surface area (Å²) in [5, 5.41) is 0. The molecule has 0 bridgehead atoms. The number of rotatable bonds is 7. The molecule has 0 saturated heterocycles. The summed E-state index contributed by atoms with van der Waals surface area (Å²) in [6.45, 7) is 6.25. The zero-order chi connectivity index (χ0) is 27.2. The maximum absolute atomic E-state index is 14.0. The Morgan fingerprint density at radius 1 is 1.08 bits per heavy atom. The van der Waals surface area contributed by atoms with Gasteiger partial charge in [0.2, 0.25) is 0 Å². The molecule has 1 amide bonds. The van der Waals surface area contributed by atoms with Crippen molar-refractivity contribution in [3.05, 3.63) is 93.7 Å². The number of benzene rings is 3. The average molecular weight is 588 g/mol. The number of carbonyl (C=O) groups excluding carboxylic acids is 1. The van der Waals surface area contributed by atoms with Gasteiger partial charge < -0.3 is 9.92 Å². The minimum atomic E-state index is -4.17. The summed E-state index contributed by atoms with van der Waals surface area (Å²) < 4.78 is 45.7. The van der Waals surface area contributed by atoms with Gasteiger partial charge >= 0.3 is 10.1 Å². The number of carbonyl (C=O) groups is 1. The van der Waals surface area contributed by atoms with Crippen LogP contribution in [0, 0.1) is 5.82 Å². The van der Waals surface area contributed by atoms with Gasteiger partial charge in [0.15, 0.2) is 11.5 Å². The fourth-order valence-electron chi connectivity index (χ4n) is 4.13. The van der Waals surface area contributed by atoms with Crippen molar-refractivity contribution >= 4 is 37.9 Å². The van der Waals surface area contributed by atoms with Crippen molar-refractivity contribution in [3.8, 4) is 5.75 Å².